The van der Waals surface area contributed by atoms with Gasteiger partial charge in [0.15, 0.2) is 5.75 Å². The van der Waals surface area contributed by atoms with Gasteiger partial charge in [0.25, 0.3) is 20.2 Å². The summed E-state index contributed by atoms with van der Waals surface area (Å²) in [6.45, 7) is 1.09. The molecule has 3 rings (SSSR count). The summed E-state index contributed by atoms with van der Waals surface area (Å²) >= 11 is 0. The lowest BCUT2D eigenvalue weighted by atomic mass is 10.1. The van der Waals surface area contributed by atoms with E-state index >= 15 is 0 Å². The Hall–Kier alpha value is -3.72. The molecule has 0 saturated heterocycles. The first-order valence-corrected chi connectivity index (χ1v) is 11.7. The molecular weight excluding hydrogens is 478 g/mol. The second-order valence-corrected chi connectivity index (χ2v) is 9.43. The van der Waals surface area contributed by atoms with E-state index in [0.717, 1.165) is 25.1 Å². The number of fused-ring (bicyclic) bond motifs is 1. The Kier molecular flexibility index (Phi) is 6.29. The van der Waals surface area contributed by atoms with E-state index in [4.69, 9.17) is 10.3 Å². The second-order valence-electron chi connectivity index (χ2n) is 6.62. The first-order valence-electron chi connectivity index (χ1n) is 8.85. The van der Waals surface area contributed by atoms with Crippen LogP contribution in [-0.2, 0) is 25.0 Å². The van der Waals surface area contributed by atoms with E-state index in [1.807, 2.05) is 0 Å². The van der Waals surface area contributed by atoms with E-state index in [1.54, 1.807) is 6.07 Å². The summed E-state index contributed by atoms with van der Waals surface area (Å²) in [6, 6.07) is 9.90. The third-order valence-electron chi connectivity index (χ3n) is 4.31. The maximum absolute atomic E-state index is 12.7. The van der Waals surface area contributed by atoms with Gasteiger partial charge in [-0.25, -0.2) is 10.3 Å². The summed E-state index contributed by atoms with van der Waals surface area (Å²) in [4.78, 5) is 22.7. The molecule has 0 aromatic heterocycles. The summed E-state index contributed by atoms with van der Waals surface area (Å²) < 4.78 is 71.7. The van der Waals surface area contributed by atoms with E-state index < -0.39 is 53.3 Å². The van der Waals surface area contributed by atoms with Gasteiger partial charge in [-0.3, -0.25) is 13.9 Å². The van der Waals surface area contributed by atoms with Crippen molar-refractivity contribution in [2.24, 2.45) is 5.11 Å². The van der Waals surface area contributed by atoms with Gasteiger partial charge in [0, 0.05) is 6.92 Å². The fourth-order valence-electron chi connectivity index (χ4n) is 3.01. The molecule has 0 bridgehead atoms. The normalized spacial score (nSPS) is 11.7. The first-order chi connectivity index (χ1) is 15.3. The van der Waals surface area contributed by atoms with Crippen molar-refractivity contribution in [2.75, 3.05) is 5.32 Å². The number of hydrogen-bond acceptors (Lipinski definition) is 9. The van der Waals surface area contributed by atoms with Gasteiger partial charge in [0.2, 0.25) is 5.91 Å². The molecule has 4 N–H and O–H groups in total. The Morgan fingerprint density at radius 2 is 1.64 bits per heavy atom. The van der Waals surface area contributed by atoms with E-state index in [2.05, 4.69) is 10.4 Å². The van der Waals surface area contributed by atoms with Crippen LogP contribution in [-0.4, -0.2) is 37.8 Å². The number of hydrogen-bond donors (Lipinski definition) is 4. The molecule has 0 radical (unpaired) electrons. The van der Waals surface area contributed by atoms with Crippen molar-refractivity contribution in [3.05, 3.63) is 54.1 Å². The Morgan fingerprint density at radius 3 is 2.15 bits per heavy atom. The zero-order chi connectivity index (χ0) is 24.6. The lowest BCUT2D eigenvalue weighted by Gasteiger charge is -2.17. The topological polar surface area (TPSA) is 200 Å². The molecule has 0 spiro atoms. The average Bonchev–Trinajstić information content (AvgIpc) is 2.71. The molecule has 1 amide bonds. The summed E-state index contributed by atoms with van der Waals surface area (Å²) in [5, 5.41) is 4.90. The number of anilines is 1. The van der Waals surface area contributed by atoms with Crippen LogP contribution in [0.15, 0.2) is 63.4 Å². The summed E-state index contributed by atoms with van der Waals surface area (Å²) in [5.41, 5.74) is 6.38. The second kappa shape index (κ2) is 8.67. The maximum Gasteiger partial charge on any atom is 0.343 e. The number of esters is 1. The molecule has 0 fully saturated rings. The lowest BCUT2D eigenvalue weighted by molar-refractivity contribution is -0.114. The third kappa shape index (κ3) is 5.04. The Morgan fingerprint density at radius 1 is 1.00 bits per heavy atom. The quantitative estimate of drug-likeness (QED) is 0.172. The highest BCUT2D eigenvalue weighted by atomic mass is 32.2. The fourth-order valence-corrected chi connectivity index (χ4v) is 4.21. The van der Waals surface area contributed by atoms with Crippen molar-refractivity contribution in [1.29, 1.82) is 5.53 Å². The monoisotopic (exact) mass is 493 g/mol. The Labute approximate surface area is 187 Å². The predicted molar refractivity (Wildman–Crippen MR) is 114 cm³/mol. The number of carbonyl (C=O) groups excluding carboxylic acids is 2. The number of carbonyl (C=O) groups is 2. The van der Waals surface area contributed by atoms with E-state index in [9.17, 15) is 35.5 Å². The Bertz CT molecular complexity index is 1520. The van der Waals surface area contributed by atoms with Gasteiger partial charge in [0.05, 0.1) is 21.5 Å². The van der Waals surface area contributed by atoms with Gasteiger partial charge in [-0.2, -0.15) is 21.9 Å². The van der Waals surface area contributed by atoms with Crippen LogP contribution in [0.25, 0.3) is 10.8 Å². The van der Waals surface area contributed by atoms with Crippen molar-refractivity contribution >= 4 is 54.3 Å². The number of nitrogens with one attached hydrogen (secondary N) is 2. The lowest BCUT2D eigenvalue weighted by Crippen LogP contribution is -2.12. The number of benzene rings is 3. The smallest absolute Gasteiger partial charge is 0.343 e. The van der Waals surface area contributed by atoms with Gasteiger partial charge < -0.3 is 10.1 Å². The van der Waals surface area contributed by atoms with Gasteiger partial charge in [0.1, 0.15) is 10.6 Å². The molecule has 0 unspecified atom stereocenters. The summed E-state index contributed by atoms with van der Waals surface area (Å²) in [5.74, 6) is -2.33. The minimum Gasteiger partial charge on any atom is -0.420 e. The van der Waals surface area contributed by atoms with Gasteiger partial charge >= 0.3 is 5.97 Å². The van der Waals surface area contributed by atoms with Gasteiger partial charge in [-0.1, -0.05) is 18.2 Å². The van der Waals surface area contributed by atoms with Crippen LogP contribution in [0.2, 0.25) is 0 Å². The van der Waals surface area contributed by atoms with Crippen LogP contribution in [0.1, 0.15) is 17.3 Å². The highest BCUT2D eigenvalue weighted by Crippen LogP contribution is 2.45. The molecule has 0 atom stereocenters. The maximum atomic E-state index is 12.7. The standard InChI is InChI=1S/C19H15N3O9S2/c1-10(23)21-14-9-13(32(25,26)27)7-12-8-15(33(28,29)30)17(22-20)18(16(12)14)31-19(24)11-5-3-2-4-6-11/h2-9,20H,1H3,(H,21,23)(H,25,26,27)(H,28,29,30). The predicted octanol–water partition coefficient (Wildman–Crippen LogP) is 3.17. The third-order valence-corrected chi connectivity index (χ3v) is 6.01. The fraction of sp³-hybridized carbons (Fsp3) is 0.0526. The molecule has 0 saturated carbocycles. The van der Waals surface area contributed by atoms with Crippen molar-refractivity contribution in [2.45, 2.75) is 16.7 Å². The van der Waals surface area contributed by atoms with Crippen molar-refractivity contribution in [3.8, 4) is 5.75 Å². The van der Waals surface area contributed by atoms with E-state index in [-0.39, 0.29) is 22.0 Å². The SMILES string of the molecule is CC(=O)Nc1cc(S(=O)(=O)O)cc2cc(S(=O)(=O)O)c(N=N)c(OC(=O)c3ccccc3)c12. The molecule has 0 heterocycles. The first kappa shape index (κ1) is 23.9. The zero-order valence-corrected chi connectivity index (χ0v) is 18.3. The van der Waals surface area contributed by atoms with Crippen LogP contribution in [0.5, 0.6) is 5.75 Å². The van der Waals surface area contributed by atoms with Crippen LogP contribution >= 0.6 is 0 Å². The highest BCUT2D eigenvalue weighted by Gasteiger charge is 2.28. The minimum absolute atomic E-state index is 0.0365. The molecule has 3 aromatic carbocycles. The minimum atomic E-state index is -5.05. The molecule has 0 aliphatic rings. The number of nitrogens with zero attached hydrogens (tertiary/aromatic N) is 1. The molecular formula is C19H15N3O9S2. The summed E-state index contributed by atoms with van der Waals surface area (Å²) in [7, 11) is -9.88. The van der Waals surface area contributed by atoms with E-state index in [1.165, 1.54) is 24.3 Å². The molecule has 33 heavy (non-hydrogen) atoms. The molecule has 172 valence electrons. The zero-order valence-electron chi connectivity index (χ0n) is 16.6. The van der Waals surface area contributed by atoms with E-state index in [0.29, 0.717) is 0 Å². The largest absolute Gasteiger partial charge is 0.420 e. The molecule has 14 heteroatoms. The molecule has 12 nitrogen and oxygen atoms in total. The van der Waals surface area contributed by atoms with Crippen molar-refractivity contribution in [1.82, 2.24) is 0 Å². The van der Waals surface area contributed by atoms with Crippen LogP contribution in [0, 0.1) is 5.53 Å². The van der Waals surface area contributed by atoms with Gasteiger partial charge in [-0.15, -0.1) is 0 Å². The Balaban J connectivity index is 2.48. The number of ether oxygens (including phenoxy) is 1. The molecule has 0 aliphatic heterocycles. The van der Waals surface area contributed by atoms with Crippen molar-refractivity contribution in [3.63, 3.8) is 0 Å². The van der Waals surface area contributed by atoms with Crippen LogP contribution in [0.3, 0.4) is 0 Å². The molecule has 3 aromatic rings. The van der Waals surface area contributed by atoms with Crippen molar-refractivity contribution < 1.29 is 40.3 Å². The van der Waals surface area contributed by atoms with Crippen LogP contribution < -0.4 is 10.1 Å². The number of amides is 1. The highest BCUT2D eigenvalue weighted by molar-refractivity contribution is 7.86. The average molecular weight is 493 g/mol. The number of rotatable bonds is 6. The van der Waals surface area contributed by atoms with Gasteiger partial charge in [-0.05, 0) is 35.7 Å². The van der Waals surface area contributed by atoms with Crippen LogP contribution in [0.4, 0.5) is 11.4 Å². The molecule has 0 aliphatic carbocycles. The summed E-state index contributed by atoms with van der Waals surface area (Å²) in [6.07, 6.45) is 0.